The van der Waals surface area contributed by atoms with Gasteiger partial charge in [-0.2, -0.15) is 15.0 Å². The lowest BCUT2D eigenvalue weighted by Crippen LogP contribution is -2.31. The number of hydrogen-bond donors (Lipinski definition) is 4. The summed E-state index contributed by atoms with van der Waals surface area (Å²) < 4.78 is 34.6. The molecular formula is C36H50N8O3S. The van der Waals surface area contributed by atoms with E-state index in [9.17, 15) is 8.42 Å². The largest absolute Gasteiger partial charge is 0.497 e. The first-order valence-corrected chi connectivity index (χ1v) is 18.5. The molecule has 12 heteroatoms. The number of unbranched alkanes of at least 4 members (excludes halogenated alkanes) is 3. The van der Waals surface area contributed by atoms with Crippen molar-refractivity contribution in [3.05, 3.63) is 66.2 Å². The van der Waals surface area contributed by atoms with Gasteiger partial charge in [0.2, 0.25) is 27.9 Å². The number of ether oxygens (including phenoxy) is 1. The quantitative estimate of drug-likeness (QED) is 0.0902. The molecule has 4 N–H and O–H groups in total. The molecule has 1 aliphatic carbocycles. The van der Waals surface area contributed by atoms with Gasteiger partial charge in [0, 0.05) is 56.2 Å². The van der Waals surface area contributed by atoms with Crippen molar-refractivity contribution in [2.75, 3.05) is 55.1 Å². The molecule has 0 aliphatic heterocycles. The summed E-state index contributed by atoms with van der Waals surface area (Å²) in [5.41, 5.74) is 2.06. The molecule has 0 radical (unpaired) electrons. The van der Waals surface area contributed by atoms with Gasteiger partial charge in [-0.05, 0) is 61.4 Å². The van der Waals surface area contributed by atoms with Gasteiger partial charge in [-0.25, -0.2) is 13.1 Å². The highest BCUT2D eigenvalue weighted by Gasteiger charge is 2.22. The van der Waals surface area contributed by atoms with Crippen molar-refractivity contribution in [2.45, 2.75) is 75.8 Å². The Morgan fingerprint density at radius 2 is 1.50 bits per heavy atom. The maximum Gasteiger partial charge on any atom is 0.241 e. The first-order valence-electron chi connectivity index (χ1n) is 17.1. The van der Waals surface area contributed by atoms with E-state index in [1.54, 1.807) is 19.2 Å². The zero-order valence-corrected chi connectivity index (χ0v) is 29.4. The lowest BCUT2D eigenvalue weighted by atomic mass is 9.86. The van der Waals surface area contributed by atoms with E-state index in [0.717, 1.165) is 59.9 Å². The van der Waals surface area contributed by atoms with Crippen LogP contribution in [0.3, 0.4) is 0 Å². The van der Waals surface area contributed by atoms with Crippen molar-refractivity contribution >= 4 is 44.3 Å². The van der Waals surface area contributed by atoms with E-state index in [-0.39, 0.29) is 0 Å². The van der Waals surface area contributed by atoms with E-state index >= 15 is 0 Å². The van der Waals surface area contributed by atoms with Crippen LogP contribution in [0.15, 0.2) is 65.6 Å². The molecule has 0 amide bonds. The predicted octanol–water partition coefficient (Wildman–Crippen LogP) is 6.65. The molecule has 1 fully saturated rings. The van der Waals surface area contributed by atoms with Gasteiger partial charge < -0.3 is 25.6 Å². The zero-order chi connectivity index (χ0) is 33.9. The number of nitrogens with zero attached hydrogens (tertiary/aromatic N) is 4. The fraction of sp³-hybridized carbons (Fsp3) is 0.472. The lowest BCUT2D eigenvalue weighted by Gasteiger charge is -2.29. The van der Waals surface area contributed by atoms with Gasteiger partial charge in [0.05, 0.1) is 12.0 Å². The molecule has 1 aromatic heterocycles. The average Bonchev–Trinajstić information content (AvgIpc) is 3.09. The summed E-state index contributed by atoms with van der Waals surface area (Å²) >= 11 is 0. The number of sulfonamides is 1. The highest BCUT2D eigenvalue weighted by molar-refractivity contribution is 7.89. The Labute approximate surface area is 285 Å². The number of anilines is 4. The number of benzene rings is 3. The topological polar surface area (TPSA) is 133 Å². The number of rotatable bonds is 17. The summed E-state index contributed by atoms with van der Waals surface area (Å²) in [4.78, 5) is 16.4. The third kappa shape index (κ3) is 9.47. The Bertz CT molecular complexity index is 1750. The molecule has 0 spiro atoms. The van der Waals surface area contributed by atoms with Crippen LogP contribution >= 0.6 is 0 Å². The number of fused-ring (bicyclic) bond motifs is 1. The second-order valence-electron chi connectivity index (χ2n) is 12.8. The van der Waals surface area contributed by atoms with Crippen LogP contribution in [0.4, 0.5) is 23.5 Å². The fourth-order valence-electron chi connectivity index (χ4n) is 6.24. The Morgan fingerprint density at radius 1 is 0.812 bits per heavy atom. The van der Waals surface area contributed by atoms with Crippen molar-refractivity contribution in [1.29, 1.82) is 0 Å². The molecule has 1 saturated carbocycles. The summed E-state index contributed by atoms with van der Waals surface area (Å²) in [5.74, 6) is 2.99. The highest BCUT2D eigenvalue weighted by Crippen LogP contribution is 2.30. The first kappa shape index (κ1) is 35.2. The number of hydrogen-bond acceptors (Lipinski definition) is 10. The van der Waals surface area contributed by atoms with Crippen molar-refractivity contribution in [3.8, 4) is 5.75 Å². The maximum atomic E-state index is 13.2. The van der Waals surface area contributed by atoms with E-state index < -0.39 is 10.0 Å². The van der Waals surface area contributed by atoms with Gasteiger partial charge in [-0.15, -0.1) is 0 Å². The minimum atomic E-state index is -3.63. The fourth-order valence-corrected chi connectivity index (χ4v) is 7.53. The van der Waals surface area contributed by atoms with Crippen LogP contribution < -0.4 is 30.3 Å². The molecule has 0 bridgehead atoms. The van der Waals surface area contributed by atoms with Gasteiger partial charge >= 0.3 is 0 Å². The second kappa shape index (κ2) is 16.8. The smallest absolute Gasteiger partial charge is 0.241 e. The van der Waals surface area contributed by atoms with Gasteiger partial charge in [0.1, 0.15) is 5.75 Å². The summed E-state index contributed by atoms with van der Waals surface area (Å²) in [7, 11) is 1.95. The Hall–Kier alpha value is -4.16. The number of methoxy groups -OCH3 is 1. The van der Waals surface area contributed by atoms with E-state index in [0.29, 0.717) is 54.3 Å². The molecular weight excluding hydrogens is 625 g/mol. The van der Waals surface area contributed by atoms with E-state index in [4.69, 9.17) is 14.7 Å². The summed E-state index contributed by atoms with van der Waals surface area (Å²) in [6.45, 7) is 3.94. The van der Waals surface area contributed by atoms with Crippen LogP contribution in [0.1, 0.15) is 63.9 Å². The van der Waals surface area contributed by atoms with Crippen LogP contribution in [0.25, 0.3) is 10.8 Å². The van der Waals surface area contributed by atoms with Crippen LogP contribution in [-0.2, 0) is 16.6 Å². The van der Waals surface area contributed by atoms with Gasteiger partial charge in [0.25, 0.3) is 0 Å². The molecule has 48 heavy (non-hydrogen) atoms. The van der Waals surface area contributed by atoms with E-state index in [1.165, 1.54) is 19.3 Å². The van der Waals surface area contributed by atoms with Crippen LogP contribution in [0.2, 0.25) is 0 Å². The molecule has 3 aromatic carbocycles. The van der Waals surface area contributed by atoms with Gasteiger partial charge in [0.15, 0.2) is 0 Å². The molecule has 2 unspecified atom stereocenters. The van der Waals surface area contributed by atoms with Crippen molar-refractivity contribution in [2.24, 2.45) is 5.92 Å². The second-order valence-corrected chi connectivity index (χ2v) is 14.5. The monoisotopic (exact) mass is 674 g/mol. The SMILES string of the molecule is COc1cccc(CNc2nc(NCCCCCCNS(=O)(=O)c3cccc4c(N(C)C)cccc34)nc(NC3CCCCC3C)n2)c1. The molecule has 258 valence electrons. The Balaban J connectivity index is 1.11. The Kier molecular flexibility index (Phi) is 12.3. The average molecular weight is 675 g/mol. The van der Waals surface area contributed by atoms with E-state index in [1.807, 2.05) is 67.5 Å². The zero-order valence-electron chi connectivity index (χ0n) is 28.6. The van der Waals surface area contributed by atoms with Crippen molar-refractivity contribution < 1.29 is 13.2 Å². The summed E-state index contributed by atoms with van der Waals surface area (Å²) in [5, 5.41) is 12.0. The number of aromatic nitrogens is 3. The van der Waals surface area contributed by atoms with E-state index in [2.05, 4.69) is 32.6 Å². The minimum absolute atomic E-state index is 0.314. The molecule has 11 nitrogen and oxygen atoms in total. The third-order valence-electron chi connectivity index (χ3n) is 8.96. The lowest BCUT2D eigenvalue weighted by molar-refractivity contribution is 0.348. The third-order valence-corrected chi connectivity index (χ3v) is 10.5. The molecule has 1 aliphatic rings. The molecule has 1 heterocycles. The van der Waals surface area contributed by atoms with Crippen molar-refractivity contribution in [3.63, 3.8) is 0 Å². The maximum absolute atomic E-state index is 13.2. The predicted molar refractivity (Wildman–Crippen MR) is 196 cm³/mol. The first-order chi connectivity index (χ1) is 23.2. The summed E-state index contributed by atoms with van der Waals surface area (Å²) in [6, 6.07) is 19.5. The van der Waals surface area contributed by atoms with Crippen LogP contribution in [0.5, 0.6) is 5.75 Å². The van der Waals surface area contributed by atoms with Crippen LogP contribution in [-0.4, -0.2) is 63.7 Å². The van der Waals surface area contributed by atoms with Crippen molar-refractivity contribution in [1.82, 2.24) is 19.7 Å². The summed E-state index contributed by atoms with van der Waals surface area (Å²) in [6.07, 6.45) is 8.31. The molecule has 5 rings (SSSR count). The molecule has 0 saturated heterocycles. The normalized spacial score (nSPS) is 16.4. The number of nitrogens with one attached hydrogen (secondary N) is 4. The standard InChI is InChI=1S/C36H50N8O3S/c1-26-14-7-8-19-31(26)40-36-42-34(41-35(43-36)38-25-27-15-11-16-28(24-27)47-4)37-22-9-5-6-10-23-39-48(45,46)33-21-13-17-29-30(33)18-12-20-32(29)44(2)3/h11-13,15-18,20-21,24,26,31,39H,5-10,14,19,22-23,25H2,1-4H3,(H3,37,38,40,41,42,43). The van der Waals surface area contributed by atoms with Gasteiger partial charge in [-0.1, -0.05) is 69.0 Å². The molecule has 4 aromatic rings. The Morgan fingerprint density at radius 3 is 2.27 bits per heavy atom. The highest BCUT2D eigenvalue weighted by atomic mass is 32.2. The minimum Gasteiger partial charge on any atom is -0.497 e. The van der Waals surface area contributed by atoms with Gasteiger partial charge in [-0.3, -0.25) is 0 Å². The van der Waals surface area contributed by atoms with Crippen LogP contribution in [0, 0.1) is 5.92 Å². The molecule has 2 atom stereocenters.